The summed E-state index contributed by atoms with van der Waals surface area (Å²) in [6.45, 7) is 7.48. The standard InChI is InChI=1S/C15H12F3NOS/c1-9(20-3)7-13-10(2)21-14(19-13)11-5-4-6-12(8-11)15(16,17)18/h4-8H,1-2H2,3H3. The minimum atomic E-state index is -4.38. The summed E-state index contributed by atoms with van der Waals surface area (Å²) in [5, 5.41) is 1.01. The third-order valence-electron chi connectivity index (χ3n) is 2.72. The Hall–Kier alpha value is -2.08. The van der Waals surface area contributed by atoms with Gasteiger partial charge >= 0.3 is 6.18 Å². The Morgan fingerprint density at radius 2 is 2.10 bits per heavy atom. The normalized spacial score (nSPS) is 12.5. The molecule has 110 valence electrons. The van der Waals surface area contributed by atoms with Crippen molar-refractivity contribution >= 4 is 24.0 Å². The fourth-order valence-corrected chi connectivity index (χ4v) is 2.47. The first kappa shape index (κ1) is 15.3. The van der Waals surface area contributed by atoms with Gasteiger partial charge in [-0.05, 0) is 12.1 Å². The van der Waals surface area contributed by atoms with Gasteiger partial charge in [0.1, 0.15) is 10.8 Å². The molecule has 0 bridgehead atoms. The van der Waals surface area contributed by atoms with E-state index in [4.69, 9.17) is 4.74 Å². The number of alkyl halides is 3. The van der Waals surface area contributed by atoms with Crippen molar-refractivity contribution in [2.45, 2.75) is 6.18 Å². The van der Waals surface area contributed by atoms with Crippen LogP contribution in [0.25, 0.3) is 23.2 Å². The summed E-state index contributed by atoms with van der Waals surface area (Å²) in [7, 11) is 1.47. The molecular formula is C15H12F3NOS. The molecule has 0 spiro atoms. The smallest absolute Gasteiger partial charge is 0.416 e. The van der Waals surface area contributed by atoms with Crippen LogP contribution < -0.4 is 9.88 Å². The molecular weight excluding hydrogens is 299 g/mol. The predicted molar refractivity (Wildman–Crippen MR) is 77.9 cm³/mol. The lowest BCUT2D eigenvalue weighted by Gasteiger charge is -2.07. The second-order valence-electron chi connectivity index (χ2n) is 4.22. The number of nitrogens with zero attached hydrogens (tertiary/aromatic N) is 1. The summed E-state index contributed by atoms with van der Waals surface area (Å²) in [6.07, 6.45) is -2.78. The molecule has 1 aromatic carbocycles. The fourth-order valence-electron chi connectivity index (χ4n) is 1.64. The van der Waals surface area contributed by atoms with Crippen molar-refractivity contribution in [2.24, 2.45) is 0 Å². The Bertz CT molecular complexity index is 777. The van der Waals surface area contributed by atoms with Gasteiger partial charge in [0.15, 0.2) is 0 Å². The van der Waals surface area contributed by atoms with E-state index in [0.717, 1.165) is 12.1 Å². The van der Waals surface area contributed by atoms with Crippen LogP contribution in [0.3, 0.4) is 0 Å². The third-order valence-corrected chi connectivity index (χ3v) is 3.70. The highest BCUT2D eigenvalue weighted by molar-refractivity contribution is 7.12. The molecule has 0 fully saturated rings. The van der Waals surface area contributed by atoms with E-state index in [1.165, 1.54) is 24.5 Å². The number of ether oxygens (including phenoxy) is 1. The van der Waals surface area contributed by atoms with Crippen LogP contribution in [0.2, 0.25) is 0 Å². The summed E-state index contributed by atoms with van der Waals surface area (Å²) in [4.78, 5) is 4.28. The average molecular weight is 311 g/mol. The van der Waals surface area contributed by atoms with Crippen LogP contribution >= 0.6 is 11.3 Å². The highest BCUT2D eigenvalue weighted by Gasteiger charge is 2.30. The molecule has 21 heavy (non-hydrogen) atoms. The van der Waals surface area contributed by atoms with Crippen LogP contribution in [0.5, 0.6) is 0 Å². The lowest BCUT2D eigenvalue weighted by atomic mass is 10.1. The Balaban J connectivity index is 2.50. The maximum atomic E-state index is 12.7. The number of benzene rings is 1. The molecule has 0 unspecified atom stereocenters. The van der Waals surface area contributed by atoms with E-state index in [0.29, 0.717) is 26.2 Å². The largest absolute Gasteiger partial charge is 0.497 e. The maximum absolute atomic E-state index is 12.7. The van der Waals surface area contributed by atoms with Gasteiger partial charge in [0, 0.05) is 16.2 Å². The summed E-state index contributed by atoms with van der Waals surface area (Å²) in [5.74, 6) is 0.404. The lowest BCUT2D eigenvalue weighted by molar-refractivity contribution is -0.137. The van der Waals surface area contributed by atoms with E-state index in [1.807, 2.05) is 0 Å². The minimum Gasteiger partial charge on any atom is -0.497 e. The molecule has 1 heterocycles. The maximum Gasteiger partial charge on any atom is 0.416 e. The first-order chi connectivity index (χ1) is 9.81. The zero-order chi connectivity index (χ0) is 15.6. The number of halogens is 3. The van der Waals surface area contributed by atoms with Gasteiger partial charge in [-0.2, -0.15) is 13.2 Å². The van der Waals surface area contributed by atoms with Gasteiger partial charge in [-0.1, -0.05) is 25.3 Å². The van der Waals surface area contributed by atoms with Crippen molar-refractivity contribution in [1.29, 1.82) is 0 Å². The Morgan fingerprint density at radius 3 is 2.71 bits per heavy atom. The molecule has 0 saturated heterocycles. The lowest BCUT2D eigenvalue weighted by Crippen LogP contribution is -2.19. The second kappa shape index (κ2) is 5.73. The van der Waals surface area contributed by atoms with Crippen LogP contribution in [-0.2, 0) is 10.9 Å². The van der Waals surface area contributed by atoms with Crippen LogP contribution in [-0.4, -0.2) is 12.1 Å². The van der Waals surface area contributed by atoms with Gasteiger partial charge in [-0.15, -0.1) is 11.3 Å². The first-order valence-corrected chi connectivity index (χ1v) is 6.71. The van der Waals surface area contributed by atoms with E-state index < -0.39 is 11.7 Å². The van der Waals surface area contributed by atoms with Crippen molar-refractivity contribution in [1.82, 2.24) is 4.98 Å². The Kier molecular flexibility index (Phi) is 4.18. The van der Waals surface area contributed by atoms with Crippen LogP contribution in [0.1, 0.15) is 5.56 Å². The number of allylic oxidation sites excluding steroid dienone is 1. The number of rotatable bonds is 3. The van der Waals surface area contributed by atoms with Crippen LogP contribution in [0.15, 0.2) is 36.6 Å². The van der Waals surface area contributed by atoms with Crippen molar-refractivity contribution in [2.75, 3.05) is 7.11 Å². The molecule has 0 atom stereocenters. The van der Waals surface area contributed by atoms with Gasteiger partial charge in [-0.25, -0.2) is 4.98 Å². The van der Waals surface area contributed by atoms with Gasteiger partial charge in [0.05, 0.1) is 18.0 Å². The highest BCUT2D eigenvalue weighted by atomic mass is 32.1. The monoisotopic (exact) mass is 311 g/mol. The fraction of sp³-hybridized carbons (Fsp3) is 0.133. The minimum absolute atomic E-state index is 0.404. The Labute approximate surface area is 123 Å². The zero-order valence-electron chi connectivity index (χ0n) is 11.2. The zero-order valence-corrected chi connectivity index (χ0v) is 12.0. The van der Waals surface area contributed by atoms with Crippen molar-refractivity contribution in [3.8, 4) is 10.6 Å². The van der Waals surface area contributed by atoms with E-state index in [9.17, 15) is 13.2 Å². The summed E-state index contributed by atoms with van der Waals surface area (Å²) in [5.41, 5.74) is -0.296. The number of methoxy groups -OCH3 is 1. The molecule has 0 aliphatic heterocycles. The third kappa shape index (κ3) is 3.52. The predicted octanol–water partition coefficient (Wildman–Crippen LogP) is 3.18. The molecule has 0 aliphatic rings. The van der Waals surface area contributed by atoms with Crippen LogP contribution in [0, 0.1) is 0 Å². The van der Waals surface area contributed by atoms with E-state index in [-0.39, 0.29) is 0 Å². The van der Waals surface area contributed by atoms with Crippen LogP contribution in [0.4, 0.5) is 13.2 Å². The molecule has 2 nitrogen and oxygen atoms in total. The molecule has 2 aromatic rings. The number of aromatic nitrogens is 1. The molecule has 6 heteroatoms. The molecule has 0 aliphatic carbocycles. The Morgan fingerprint density at radius 1 is 1.38 bits per heavy atom. The van der Waals surface area contributed by atoms with Crippen molar-refractivity contribution < 1.29 is 17.9 Å². The van der Waals surface area contributed by atoms with Gasteiger partial charge in [0.25, 0.3) is 0 Å². The second-order valence-corrected chi connectivity index (χ2v) is 5.30. The SMILES string of the molecule is C=C(C=c1nc(-c2cccc(C(F)(F)F)c2)sc1=C)OC. The molecule has 0 amide bonds. The molecule has 0 N–H and O–H groups in total. The summed E-state index contributed by atoms with van der Waals surface area (Å²) in [6, 6.07) is 5.05. The van der Waals surface area contributed by atoms with Gasteiger partial charge in [0.2, 0.25) is 0 Å². The molecule has 0 saturated carbocycles. The number of thiazole rings is 1. The van der Waals surface area contributed by atoms with E-state index in [2.05, 4.69) is 18.1 Å². The molecule has 1 aromatic heterocycles. The topological polar surface area (TPSA) is 22.1 Å². The highest BCUT2D eigenvalue weighted by Crippen LogP contribution is 2.31. The van der Waals surface area contributed by atoms with Gasteiger partial charge in [-0.3, -0.25) is 0 Å². The van der Waals surface area contributed by atoms with Crippen molar-refractivity contribution in [3.05, 3.63) is 52.0 Å². The average Bonchev–Trinajstić information content (AvgIpc) is 2.79. The van der Waals surface area contributed by atoms with E-state index in [1.54, 1.807) is 12.1 Å². The summed E-state index contributed by atoms with van der Waals surface area (Å²) >= 11 is 1.22. The van der Waals surface area contributed by atoms with Crippen molar-refractivity contribution in [3.63, 3.8) is 0 Å². The number of hydrogen-bond acceptors (Lipinski definition) is 3. The van der Waals surface area contributed by atoms with E-state index >= 15 is 0 Å². The molecule has 2 rings (SSSR count). The first-order valence-electron chi connectivity index (χ1n) is 5.89. The molecule has 0 radical (unpaired) electrons. The number of hydrogen-bond donors (Lipinski definition) is 0. The quantitative estimate of drug-likeness (QED) is 0.812. The van der Waals surface area contributed by atoms with Gasteiger partial charge < -0.3 is 4.74 Å². The summed E-state index contributed by atoms with van der Waals surface area (Å²) < 4.78 is 43.7.